The summed E-state index contributed by atoms with van der Waals surface area (Å²) in [7, 11) is 1.88. The number of fused-ring (bicyclic) bond motifs is 1. The monoisotopic (exact) mass is 354 g/mol. The summed E-state index contributed by atoms with van der Waals surface area (Å²) in [5.41, 5.74) is 10.5. The summed E-state index contributed by atoms with van der Waals surface area (Å²) in [5, 5.41) is 24.3. The molecule has 0 saturated carbocycles. The normalized spacial score (nSPS) is 21.4. The zero-order valence-electron chi connectivity index (χ0n) is 14.8. The Labute approximate surface area is 150 Å². The van der Waals surface area contributed by atoms with Gasteiger partial charge in [-0.15, -0.1) is 0 Å². The zero-order valence-corrected chi connectivity index (χ0v) is 14.8. The molecule has 26 heavy (non-hydrogen) atoms. The average molecular weight is 354 g/mol. The molecule has 0 bridgehead atoms. The number of aryl methyl sites for hydroxylation is 1. The number of piperidine rings is 1. The summed E-state index contributed by atoms with van der Waals surface area (Å²) < 4.78 is 3.41. The molecule has 1 aliphatic rings. The average Bonchev–Trinajstić information content (AvgIpc) is 3.27. The number of rotatable bonds is 3. The van der Waals surface area contributed by atoms with Crippen LogP contribution in [0.15, 0.2) is 29.8 Å². The van der Waals surface area contributed by atoms with Crippen molar-refractivity contribution < 1.29 is 5.21 Å². The summed E-state index contributed by atoms with van der Waals surface area (Å²) in [6.45, 7) is 2.59. The van der Waals surface area contributed by atoms with Gasteiger partial charge in [-0.25, -0.2) is 4.98 Å². The van der Waals surface area contributed by atoms with E-state index >= 15 is 0 Å². The molecule has 136 valence electrons. The first-order valence-electron chi connectivity index (χ1n) is 8.62. The molecule has 3 aromatic rings. The van der Waals surface area contributed by atoms with E-state index in [1.807, 2.05) is 26.2 Å². The lowest BCUT2D eigenvalue weighted by Crippen LogP contribution is -2.42. The number of aromatic nitrogens is 5. The third-order valence-electron chi connectivity index (χ3n) is 5.03. The Bertz CT molecular complexity index is 964. The van der Waals surface area contributed by atoms with Crippen molar-refractivity contribution in [3.63, 3.8) is 0 Å². The molecule has 2 atom stereocenters. The van der Waals surface area contributed by atoms with Gasteiger partial charge in [0.25, 0.3) is 0 Å². The van der Waals surface area contributed by atoms with Gasteiger partial charge in [-0.1, -0.05) is 5.16 Å². The Balaban J connectivity index is 1.67. The van der Waals surface area contributed by atoms with Crippen LogP contribution in [0.3, 0.4) is 0 Å². The number of nitrogens with two attached hydrogens (primary N) is 1. The minimum absolute atomic E-state index is 0.109. The van der Waals surface area contributed by atoms with Gasteiger partial charge in [-0.3, -0.25) is 4.68 Å². The smallest absolute Gasteiger partial charge is 0.165 e. The number of nitrogens with one attached hydrogen (secondary N) is 1. The predicted octanol–water partition coefficient (Wildman–Crippen LogP) is 1.40. The first-order valence-corrected chi connectivity index (χ1v) is 8.62. The van der Waals surface area contributed by atoms with Crippen LogP contribution < -0.4 is 11.1 Å². The van der Waals surface area contributed by atoms with Crippen LogP contribution in [-0.2, 0) is 7.05 Å². The number of nitrogens with zero attached hydrogens (tertiary/aromatic N) is 6. The lowest BCUT2D eigenvalue weighted by molar-refractivity contribution is 0.311. The number of anilines is 1. The Morgan fingerprint density at radius 1 is 1.35 bits per heavy atom. The van der Waals surface area contributed by atoms with E-state index in [-0.39, 0.29) is 12.0 Å². The second-order valence-electron chi connectivity index (χ2n) is 6.78. The largest absolute Gasteiger partial charge is 0.411 e. The lowest BCUT2D eigenvalue weighted by Gasteiger charge is -2.29. The van der Waals surface area contributed by atoms with Crippen molar-refractivity contribution in [2.45, 2.75) is 31.7 Å². The van der Waals surface area contributed by atoms with E-state index in [1.54, 1.807) is 21.6 Å². The minimum atomic E-state index is 0.109. The molecule has 0 aliphatic carbocycles. The molecule has 1 fully saturated rings. The van der Waals surface area contributed by atoms with Gasteiger partial charge in [0.2, 0.25) is 0 Å². The molecule has 9 heteroatoms. The third-order valence-corrected chi connectivity index (χ3v) is 5.03. The molecule has 2 unspecified atom stereocenters. The molecule has 0 radical (unpaired) electrons. The van der Waals surface area contributed by atoms with Crippen LogP contribution in [0, 0.1) is 0 Å². The molecule has 3 aromatic heterocycles. The summed E-state index contributed by atoms with van der Waals surface area (Å²) in [6, 6.07) is 2.01. The van der Waals surface area contributed by atoms with Crippen LogP contribution in [0.25, 0.3) is 16.8 Å². The van der Waals surface area contributed by atoms with Crippen LogP contribution in [0.4, 0.5) is 5.82 Å². The van der Waals surface area contributed by atoms with Crippen molar-refractivity contribution >= 4 is 17.2 Å². The standard InChI is InChI=1S/C17H22N8O/c1-10(23-26)14-4-3-11(6-19-14)15-5-16(18)25-17(22-15)13(8-21-25)12-7-20-24(2)9-12/h5,7-9,11,14,19,26H,3-4,6,18H2,1-2H3/b23-10+. The highest BCUT2D eigenvalue weighted by atomic mass is 16.4. The summed E-state index contributed by atoms with van der Waals surface area (Å²) in [4.78, 5) is 4.86. The fraction of sp³-hybridized carbons (Fsp3) is 0.412. The fourth-order valence-corrected chi connectivity index (χ4v) is 3.51. The molecular formula is C17H22N8O. The van der Waals surface area contributed by atoms with Crippen LogP contribution in [0.5, 0.6) is 0 Å². The van der Waals surface area contributed by atoms with E-state index in [9.17, 15) is 0 Å². The van der Waals surface area contributed by atoms with E-state index in [0.717, 1.165) is 41.9 Å². The van der Waals surface area contributed by atoms with Gasteiger partial charge in [0.05, 0.1) is 23.8 Å². The van der Waals surface area contributed by atoms with Gasteiger partial charge in [0, 0.05) is 48.9 Å². The lowest BCUT2D eigenvalue weighted by atomic mass is 9.90. The first-order chi connectivity index (χ1) is 12.6. The first kappa shape index (κ1) is 16.5. The van der Waals surface area contributed by atoms with Gasteiger partial charge in [0.15, 0.2) is 5.65 Å². The Kier molecular flexibility index (Phi) is 4.08. The van der Waals surface area contributed by atoms with Crippen molar-refractivity contribution in [1.29, 1.82) is 0 Å². The molecule has 9 nitrogen and oxygen atoms in total. The van der Waals surface area contributed by atoms with Gasteiger partial charge < -0.3 is 16.3 Å². The Morgan fingerprint density at radius 2 is 2.19 bits per heavy atom. The summed E-state index contributed by atoms with van der Waals surface area (Å²) >= 11 is 0. The maximum absolute atomic E-state index is 8.94. The van der Waals surface area contributed by atoms with Crippen LogP contribution in [0.2, 0.25) is 0 Å². The number of hydrogen-bond acceptors (Lipinski definition) is 7. The highest BCUT2D eigenvalue weighted by Gasteiger charge is 2.26. The molecule has 4 heterocycles. The fourth-order valence-electron chi connectivity index (χ4n) is 3.51. The van der Waals surface area contributed by atoms with Crippen LogP contribution >= 0.6 is 0 Å². The van der Waals surface area contributed by atoms with E-state index in [4.69, 9.17) is 15.9 Å². The topological polar surface area (TPSA) is 119 Å². The van der Waals surface area contributed by atoms with Crippen LogP contribution in [-0.4, -0.2) is 47.9 Å². The van der Waals surface area contributed by atoms with Gasteiger partial charge in [-0.2, -0.15) is 14.7 Å². The number of nitrogen functional groups attached to an aromatic ring is 1. The molecule has 4 N–H and O–H groups in total. The van der Waals surface area contributed by atoms with Crippen molar-refractivity contribution in [3.8, 4) is 11.1 Å². The van der Waals surface area contributed by atoms with Gasteiger partial charge in [0.1, 0.15) is 5.82 Å². The van der Waals surface area contributed by atoms with Crippen molar-refractivity contribution in [2.75, 3.05) is 12.3 Å². The maximum atomic E-state index is 8.94. The Hall–Kier alpha value is -2.94. The number of hydrogen-bond donors (Lipinski definition) is 3. The van der Waals surface area contributed by atoms with Crippen LogP contribution in [0.1, 0.15) is 31.4 Å². The maximum Gasteiger partial charge on any atom is 0.165 e. The van der Waals surface area contributed by atoms with Crippen molar-refractivity contribution in [3.05, 3.63) is 30.4 Å². The molecule has 0 amide bonds. The van der Waals surface area contributed by atoms with Gasteiger partial charge >= 0.3 is 0 Å². The Morgan fingerprint density at radius 3 is 2.85 bits per heavy atom. The zero-order chi connectivity index (χ0) is 18.3. The molecule has 1 aliphatic heterocycles. The highest BCUT2D eigenvalue weighted by Crippen LogP contribution is 2.29. The highest BCUT2D eigenvalue weighted by molar-refractivity contribution is 5.86. The van der Waals surface area contributed by atoms with E-state index in [1.165, 1.54) is 0 Å². The summed E-state index contributed by atoms with van der Waals surface area (Å²) in [6.07, 6.45) is 7.35. The van der Waals surface area contributed by atoms with Gasteiger partial charge in [-0.05, 0) is 19.8 Å². The van der Waals surface area contributed by atoms with Crippen molar-refractivity contribution in [1.82, 2.24) is 29.7 Å². The number of oxime groups is 1. The SMILES string of the molecule is C/C(=N\O)C1CCC(c2cc(N)n3ncc(-c4cnn(C)c4)c3n2)CN1. The van der Waals surface area contributed by atoms with Crippen molar-refractivity contribution in [2.24, 2.45) is 12.2 Å². The second-order valence-corrected chi connectivity index (χ2v) is 6.78. The molecule has 0 aromatic carbocycles. The third kappa shape index (κ3) is 2.80. The molecular weight excluding hydrogens is 332 g/mol. The second kappa shape index (κ2) is 6.41. The molecule has 0 spiro atoms. The van der Waals surface area contributed by atoms with E-state index in [2.05, 4.69) is 20.7 Å². The van der Waals surface area contributed by atoms with E-state index in [0.29, 0.717) is 11.5 Å². The molecule has 1 saturated heterocycles. The predicted molar refractivity (Wildman–Crippen MR) is 98.3 cm³/mol. The van der Waals surface area contributed by atoms with E-state index < -0.39 is 0 Å². The summed E-state index contributed by atoms with van der Waals surface area (Å²) in [5.74, 6) is 0.817. The quantitative estimate of drug-likeness (QED) is 0.372. The molecule has 4 rings (SSSR count). The minimum Gasteiger partial charge on any atom is -0.411 e.